The molecule has 1 aromatic rings. The lowest BCUT2D eigenvalue weighted by atomic mass is 9.63. The molecule has 0 heterocycles. The topological polar surface area (TPSA) is 67.1 Å². The van der Waals surface area contributed by atoms with E-state index in [4.69, 9.17) is 5.73 Å². The highest BCUT2D eigenvalue weighted by Crippen LogP contribution is 2.38. The summed E-state index contributed by atoms with van der Waals surface area (Å²) in [6, 6.07) is 5.63. The number of urea groups is 1. The van der Waals surface area contributed by atoms with E-state index in [2.05, 4.69) is 10.6 Å². The van der Waals surface area contributed by atoms with Crippen molar-refractivity contribution in [2.75, 3.05) is 5.32 Å². The number of nitrogens with one attached hydrogen (secondary N) is 2. The second-order valence-electron chi connectivity index (χ2n) is 5.32. The molecule has 0 aromatic heterocycles. The number of carbonyl (C=O) groups excluding carboxylic acids is 1. The molecular weight excluding hydrogens is 233 g/mol. The van der Waals surface area contributed by atoms with E-state index < -0.39 is 0 Å². The van der Waals surface area contributed by atoms with E-state index in [-0.39, 0.29) is 29.3 Å². The van der Waals surface area contributed by atoms with Crippen molar-refractivity contribution in [1.29, 1.82) is 0 Å². The van der Waals surface area contributed by atoms with Crippen molar-refractivity contribution in [2.45, 2.75) is 32.4 Å². The number of nitrogens with two attached hydrogens (primary N) is 1. The minimum Gasteiger partial charge on any atom is -0.334 e. The first-order chi connectivity index (χ1) is 8.39. The Kier molecular flexibility index (Phi) is 3.26. The van der Waals surface area contributed by atoms with Crippen LogP contribution in [0.15, 0.2) is 24.3 Å². The van der Waals surface area contributed by atoms with Crippen LogP contribution in [0, 0.1) is 11.2 Å². The predicted octanol–water partition coefficient (Wildman–Crippen LogP) is 2.07. The van der Waals surface area contributed by atoms with Crippen molar-refractivity contribution in [2.24, 2.45) is 11.1 Å². The maximum atomic E-state index is 12.9. The summed E-state index contributed by atoms with van der Waals surface area (Å²) in [4.78, 5) is 11.7. The van der Waals surface area contributed by atoms with Gasteiger partial charge in [0.1, 0.15) is 5.82 Å². The SMILES string of the molecule is CC1(C)C(N)CC1NC(=O)Nc1cccc(F)c1. The molecule has 0 radical (unpaired) electrons. The Hall–Kier alpha value is -1.62. The van der Waals surface area contributed by atoms with Crippen molar-refractivity contribution in [3.8, 4) is 0 Å². The van der Waals surface area contributed by atoms with Gasteiger partial charge in [0.2, 0.25) is 0 Å². The van der Waals surface area contributed by atoms with Gasteiger partial charge in [0.15, 0.2) is 0 Å². The Balaban J connectivity index is 1.90. The van der Waals surface area contributed by atoms with Crippen LogP contribution in [0.5, 0.6) is 0 Å². The fourth-order valence-electron chi connectivity index (χ4n) is 2.10. The van der Waals surface area contributed by atoms with Gasteiger partial charge in [-0.1, -0.05) is 19.9 Å². The van der Waals surface area contributed by atoms with Gasteiger partial charge in [0.25, 0.3) is 0 Å². The smallest absolute Gasteiger partial charge is 0.319 e. The molecule has 1 saturated carbocycles. The van der Waals surface area contributed by atoms with Crippen molar-refractivity contribution in [1.82, 2.24) is 5.32 Å². The Morgan fingerprint density at radius 1 is 1.50 bits per heavy atom. The molecule has 18 heavy (non-hydrogen) atoms. The quantitative estimate of drug-likeness (QED) is 0.753. The lowest BCUT2D eigenvalue weighted by molar-refractivity contribution is 0.0815. The summed E-state index contributed by atoms with van der Waals surface area (Å²) < 4.78 is 12.9. The molecule has 1 aliphatic rings. The third-order valence-corrected chi connectivity index (χ3v) is 3.73. The summed E-state index contributed by atoms with van der Waals surface area (Å²) in [6.45, 7) is 4.04. The predicted molar refractivity (Wildman–Crippen MR) is 68.7 cm³/mol. The minimum absolute atomic E-state index is 0.0565. The first-order valence-corrected chi connectivity index (χ1v) is 5.98. The third kappa shape index (κ3) is 2.46. The minimum atomic E-state index is -0.376. The lowest BCUT2D eigenvalue weighted by Gasteiger charge is -2.50. The molecule has 0 spiro atoms. The lowest BCUT2D eigenvalue weighted by Crippen LogP contribution is -2.64. The molecule has 1 aliphatic carbocycles. The summed E-state index contributed by atoms with van der Waals surface area (Å²) in [6.07, 6.45) is 0.767. The van der Waals surface area contributed by atoms with Crippen LogP contribution in [0.2, 0.25) is 0 Å². The Labute approximate surface area is 106 Å². The average molecular weight is 251 g/mol. The number of amides is 2. The van der Waals surface area contributed by atoms with E-state index in [1.807, 2.05) is 13.8 Å². The Bertz CT molecular complexity index is 461. The third-order valence-electron chi connectivity index (χ3n) is 3.73. The van der Waals surface area contributed by atoms with E-state index in [9.17, 15) is 9.18 Å². The van der Waals surface area contributed by atoms with Crippen LogP contribution in [0.25, 0.3) is 0 Å². The summed E-state index contributed by atoms with van der Waals surface area (Å²) >= 11 is 0. The Morgan fingerprint density at radius 2 is 2.22 bits per heavy atom. The molecule has 0 bridgehead atoms. The van der Waals surface area contributed by atoms with E-state index >= 15 is 0 Å². The van der Waals surface area contributed by atoms with E-state index in [1.54, 1.807) is 12.1 Å². The summed E-state index contributed by atoms with van der Waals surface area (Å²) in [5.41, 5.74) is 6.21. The molecule has 1 fully saturated rings. The zero-order valence-electron chi connectivity index (χ0n) is 10.5. The maximum absolute atomic E-state index is 12.9. The van der Waals surface area contributed by atoms with Crippen molar-refractivity contribution in [3.63, 3.8) is 0 Å². The molecule has 2 rings (SSSR count). The van der Waals surface area contributed by atoms with Crippen LogP contribution < -0.4 is 16.4 Å². The zero-order valence-corrected chi connectivity index (χ0v) is 10.5. The summed E-state index contributed by atoms with van der Waals surface area (Å²) in [7, 11) is 0. The first kappa shape index (κ1) is 12.8. The highest BCUT2D eigenvalue weighted by molar-refractivity contribution is 5.89. The largest absolute Gasteiger partial charge is 0.334 e. The van der Waals surface area contributed by atoms with Gasteiger partial charge >= 0.3 is 6.03 Å². The van der Waals surface area contributed by atoms with Crippen molar-refractivity contribution in [3.05, 3.63) is 30.1 Å². The van der Waals surface area contributed by atoms with Crippen molar-refractivity contribution >= 4 is 11.7 Å². The number of rotatable bonds is 2. The highest BCUT2D eigenvalue weighted by Gasteiger charge is 2.46. The monoisotopic (exact) mass is 251 g/mol. The van der Waals surface area contributed by atoms with Crippen LogP contribution in [0.4, 0.5) is 14.9 Å². The zero-order chi connectivity index (χ0) is 13.3. The Morgan fingerprint density at radius 3 is 2.78 bits per heavy atom. The maximum Gasteiger partial charge on any atom is 0.319 e. The molecule has 2 atom stereocenters. The normalized spacial score (nSPS) is 25.1. The molecular formula is C13H18FN3O. The molecule has 2 unspecified atom stereocenters. The van der Waals surface area contributed by atoms with Crippen molar-refractivity contribution < 1.29 is 9.18 Å². The standard InChI is InChI=1S/C13H18FN3O/c1-13(2)10(15)7-11(13)17-12(18)16-9-5-3-4-8(14)6-9/h3-6,10-11H,7,15H2,1-2H3,(H2,16,17,18). The van der Waals surface area contributed by atoms with E-state index in [1.165, 1.54) is 12.1 Å². The fraction of sp³-hybridized carbons (Fsp3) is 0.462. The van der Waals surface area contributed by atoms with Gasteiger partial charge in [-0.2, -0.15) is 0 Å². The average Bonchev–Trinajstić information content (AvgIpc) is 2.28. The second kappa shape index (κ2) is 4.57. The fourth-order valence-corrected chi connectivity index (χ4v) is 2.10. The van der Waals surface area contributed by atoms with Crippen LogP contribution in [-0.4, -0.2) is 18.1 Å². The molecule has 5 heteroatoms. The van der Waals surface area contributed by atoms with Crippen LogP contribution in [0.3, 0.4) is 0 Å². The number of hydrogen-bond donors (Lipinski definition) is 3. The van der Waals surface area contributed by atoms with Gasteiger partial charge in [-0.25, -0.2) is 9.18 Å². The van der Waals surface area contributed by atoms with Crippen LogP contribution in [-0.2, 0) is 0 Å². The molecule has 4 N–H and O–H groups in total. The first-order valence-electron chi connectivity index (χ1n) is 5.98. The van der Waals surface area contributed by atoms with Crippen LogP contribution >= 0.6 is 0 Å². The molecule has 4 nitrogen and oxygen atoms in total. The van der Waals surface area contributed by atoms with Gasteiger partial charge < -0.3 is 16.4 Å². The molecule has 0 saturated heterocycles. The number of carbonyl (C=O) groups is 1. The van der Waals surface area contributed by atoms with E-state index in [0.717, 1.165) is 6.42 Å². The number of anilines is 1. The molecule has 2 amide bonds. The van der Waals surface area contributed by atoms with Gasteiger partial charge in [-0.3, -0.25) is 0 Å². The molecule has 1 aromatic carbocycles. The summed E-state index contributed by atoms with van der Waals surface area (Å²) in [5, 5.41) is 5.46. The van der Waals surface area contributed by atoms with Gasteiger partial charge in [-0.05, 0) is 24.6 Å². The van der Waals surface area contributed by atoms with Gasteiger partial charge in [0, 0.05) is 23.2 Å². The second-order valence-corrected chi connectivity index (χ2v) is 5.32. The van der Waals surface area contributed by atoms with E-state index in [0.29, 0.717) is 5.69 Å². The highest BCUT2D eigenvalue weighted by atomic mass is 19.1. The number of benzene rings is 1. The van der Waals surface area contributed by atoms with Gasteiger partial charge in [-0.15, -0.1) is 0 Å². The molecule has 0 aliphatic heterocycles. The van der Waals surface area contributed by atoms with Gasteiger partial charge in [0.05, 0.1) is 0 Å². The van der Waals surface area contributed by atoms with Crippen LogP contribution in [0.1, 0.15) is 20.3 Å². The molecule has 98 valence electrons. The summed E-state index contributed by atoms with van der Waals surface area (Å²) in [5.74, 6) is -0.376. The number of hydrogen-bond acceptors (Lipinski definition) is 2. The number of halogens is 1.